The van der Waals surface area contributed by atoms with E-state index in [1.54, 1.807) is 18.2 Å². The average molecular weight is 281 g/mol. The third-order valence-corrected chi connectivity index (χ3v) is 2.61. The Balaban J connectivity index is 2.22. The van der Waals surface area contributed by atoms with Crippen LogP contribution in [0.15, 0.2) is 36.5 Å². The van der Waals surface area contributed by atoms with Crippen LogP contribution in [-0.4, -0.2) is 27.6 Å². The van der Waals surface area contributed by atoms with Gasteiger partial charge in [-0.25, -0.2) is 9.97 Å². The fourth-order valence-electron chi connectivity index (χ4n) is 1.69. The van der Waals surface area contributed by atoms with Crippen LogP contribution in [0.4, 0.5) is 5.82 Å². The zero-order valence-electron chi connectivity index (χ0n) is 11.6. The number of nitrogens with one attached hydrogen (secondary N) is 1. The summed E-state index contributed by atoms with van der Waals surface area (Å²) in [6, 6.07) is 8.81. The number of pyridine rings is 2. The van der Waals surface area contributed by atoms with E-state index in [-0.39, 0.29) is 18.2 Å². The molecule has 0 saturated heterocycles. The van der Waals surface area contributed by atoms with Crippen LogP contribution in [0.2, 0.25) is 0 Å². The topological polar surface area (TPSA) is 75.1 Å². The number of anilines is 1. The van der Waals surface area contributed by atoms with Gasteiger partial charge in [-0.15, -0.1) is 0 Å². The van der Waals surface area contributed by atoms with E-state index in [9.17, 15) is 4.79 Å². The van der Waals surface area contributed by atoms with Crippen molar-refractivity contribution in [1.29, 1.82) is 0 Å². The summed E-state index contributed by atoms with van der Waals surface area (Å²) in [6.45, 7) is 1.84. The fraction of sp³-hybridized carbons (Fsp3) is 0.188. The minimum absolute atomic E-state index is 0.0119. The Bertz CT molecular complexity index is 702. The van der Waals surface area contributed by atoms with Crippen molar-refractivity contribution in [2.45, 2.75) is 13.3 Å². The van der Waals surface area contributed by atoms with E-state index >= 15 is 0 Å². The molecule has 5 nitrogen and oxygen atoms in total. The lowest BCUT2D eigenvalue weighted by Gasteiger charge is -2.05. The molecule has 2 aromatic rings. The molecule has 5 heteroatoms. The minimum Gasteiger partial charge on any atom is -0.395 e. The van der Waals surface area contributed by atoms with Gasteiger partial charge in [-0.05, 0) is 31.2 Å². The molecule has 0 atom stereocenters. The van der Waals surface area contributed by atoms with Crippen LogP contribution in [0.1, 0.15) is 28.2 Å². The van der Waals surface area contributed by atoms with E-state index in [0.717, 1.165) is 5.69 Å². The second kappa shape index (κ2) is 7.17. The summed E-state index contributed by atoms with van der Waals surface area (Å²) in [5.74, 6) is 5.74. The maximum Gasteiger partial charge on any atom is 0.276 e. The lowest BCUT2D eigenvalue weighted by molar-refractivity contribution is 0.102. The first kappa shape index (κ1) is 14.7. The average Bonchev–Trinajstić information content (AvgIpc) is 2.48. The van der Waals surface area contributed by atoms with Crippen molar-refractivity contribution in [3.63, 3.8) is 0 Å². The highest BCUT2D eigenvalue weighted by Crippen LogP contribution is 2.09. The Labute approximate surface area is 123 Å². The summed E-state index contributed by atoms with van der Waals surface area (Å²) in [6.07, 6.45) is 1.89. The third kappa shape index (κ3) is 4.13. The lowest BCUT2D eigenvalue weighted by Crippen LogP contribution is -2.16. The number of amides is 1. The molecular weight excluding hydrogens is 266 g/mol. The smallest absolute Gasteiger partial charge is 0.276 e. The highest BCUT2D eigenvalue weighted by molar-refractivity contribution is 6.04. The molecule has 0 fully saturated rings. The fourth-order valence-corrected chi connectivity index (χ4v) is 1.69. The van der Waals surface area contributed by atoms with Gasteiger partial charge >= 0.3 is 0 Å². The normalized spacial score (nSPS) is 9.62. The molecule has 0 saturated carbocycles. The van der Waals surface area contributed by atoms with Gasteiger partial charge in [0.05, 0.1) is 12.2 Å². The van der Waals surface area contributed by atoms with Gasteiger partial charge < -0.3 is 10.4 Å². The lowest BCUT2D eigenvalue weighted by atomic mass is 10.2. The van der Waals surface area contributed by atoms with Gasteiger partial charge in [-0.2, -0.15) is 0 Å². The molecule has 0 unspecified atom stereocenters. The van der Waals surface area contributed by atoms with Crippen molar-refractivity contribution >= 4 is 11.7 Å². The highest BCUT2D eigenvalue weighted by Gasteiger charge is 2.12. The number of hydrogen-bond acceptors (Lipinski definition) is 4. The Kier molecular flexibility index (Phi) is 5.02. The van der Waals surface area contributed by atoms with Crippen molar-refractivity contribution in [3.05, 3.63) is 53.5 Å². The van der Waals surface area contributed by atoms with Crippen LogP contribution < -0.4 is 5.32 Å². The Morgan fingerprint density at radius 3 is 2.95 bits per heavy atom. The summed E-state index contributed by atoms with van der Waals surface area (Å²) in [7, 11) is 0. The monoisotopic (exact) mass is 281 g/mol. The maximum atomic E-state index is 12.2. The molecule has 21 heavy (non-hydrogen) atoms. The number of aliphatic hydroxyl groups excluding tert-OH is 1. The van der Waals surface area contributed by atoms with E-state index in [1.165, 1.54) is 6.20 Å². The SMILES string of the molecule is Cc1cccc(NC(=O)c2ncccc2C#CCCO)n1. The molecule has 106 valence electrons. The van der Waals surface area contributed by atoms with Gasteiger partial charge in [0.15, 0.2) is 0 Å². The number of carbonyl (C=O) groups excluding carboxylic acids is 1. The number of hydrogen-bond donors (Lipinski definition) is 2. The first-order chi connectivity index (χ1) is 10.2. The minimum atomic E-state index is -0.359. The number of aryl methyl sites for hydroxylation is 1. The standard InChI is InChI=1S/C16H15N3O2/c1-12-6-4-9-14(18-12)19-16(21)15-13(7-2-3-11-20)8-5-10-17-15/h4-6,8-10,20H,3,11H2,1H3,(H,18,19,21). The van der Waals surface area contributed by atoms with Crippen LogP contribution in [0.3, 0.4) is 0 Å². The van der Waals surface area contributed by atoms with Crippen LogP contribution >= 0.6 is 0 Å². The van der Waals surface area contributed by atoms with Gasteiger partial charge in [0.2, 0.25) is 0 Å². The van der Waals surface area contributed by atoms with E-state index in [0.29, 0.717) is 17.8 Å². The predicted octanol–water partition coefficient (Wildman–Crippen LogP) is 1.77. The number of rotatable bonds is 3. The maximum absolute atomic E-state index is 12.2. The molecule has 2 aromatic heterocycles. The summed E-state index contributed by atoms with van der Waals surface area (Å²) in [4.78, 5) is 20.5. The molecule has 2 rings (SSSR count). The number of nitrogens with zero attached hydrogens (tertiary/aromatic N) is 2. The van der Waals surface area contributed by atoms with Gasteiger partial charge in [0.25, 0.3) is 5.91 Å². The Morgan fingerprint density at radius 2 is 2.19 bits per heavy atom. The van der Waals surface area contributed by atoms with Crippen LogP contribution in [0.25, 0.3) is 0 Å². The molecule has 0 aliphatic carbocycles. The van der Waals surface area contributed by atoms with Crippen LogP contribution in [0, 0.1) is 18.8 Å². The third-order valence-electron chi connectivity index (χ3n) is 2.61. The molecule has 1 amide bonds. The summed E-state index contributed by atoms with van der Waals surface area (Å²) in [5.41, 5.74) is 1.58. The van der Waals surface area contributed by atoms with Gasteiger partial charge in [-0.3, -0.25) is 4.79 Å². The molecule has 0 aliphatic heterocycles. The first-order valence-electron chi connectivity index (χ1n) is 6.50. The van der Waals surface area contributed by atoms with Gasteiger partial charge in [0, 0.05) is 18.3 Å². The quantitative estimate of drug-likeness (QED) is 0.841. The molecule has 0 aromatic carbocycles. The van der Waals surface area contributed by atoms with E-state index in [4.69, 9.17) is 5.11 Å². The van der Waals surface area contributed by atoms with Crippen LogP contribution in [-0.2, 0) is 0 Å². The van der Waals surface area contributed by atoms with Gasteiger partial charge in [-0.1, -0.05) is 17.9 Å². The van der Waals surface area contributed by atoms with E-state index in [2.05, 4.69) is 27.1 Å². The predicted molar refractivity (Wildman–Crippen MR) is 79.7 cm³/mol. The van der Waals surface area contributed by atoms with Crippen molar-refractivity contribution in [2.75, 3.05) is 11.9 Å². The molecule has 0 radical (unpaired) electrons. The van der Waals surface area contributed by atoms with Crippen molar-refractivity contribution in [1.82, 2.24) is 9.97 Å². The zero-order chi connectivity index (χ0) is 15.1. The van der Waals surface area contributed by atoms with Crippen molar-refractivity contribution in [3.8, 4) is 11.8 Å². The molecule has 0 bridgehead atoms. The van der Waals surface area contributed by atoms with E-state index < -0.39 is 0 Å². The number of aliphatic hydroxyl groups is 1. The molecule has 0 aliphatic rings. The second-order valence-corrected chi connectivity index (χ2v) is 4.29. The number of carbonyl (C=O) groups is 1. The summed E-state index contributed by atoms with van der Waals surface area (Å²) in [5, 5.41) is 11.4. The molecular formula is C16H15N3O2. The molecule has 2 N–H and O–H groups in total. The largest absolute Gasteiger partial charge is 0.395 e. The van der Waals surface area contributed by atoms with Gasteiger partial charge in [0.1, 0.15) is 11.5 Å². The molecule has 2 heterocycles. The van der Waals surface area contributed by atoms with Crippen molar-refractivity contribution in [2.24, 2.45) is 0 Å². The van der Waals surface area contributed by atoms with Crippen molar-refractivity contribution < 1.29 is 9.90 Å². The second-order valence-electron chi connectivity index (χ2n) is 4.29. The highest BCUT2D eigenvalue weighted by atomic mass is 16.2. The molecule has 0 spiro atoms. The Hall–Kier alpha value is -2.71. The number of aromatic nitrogens is 2. The summed E-state index contributed by atoms with van der Waals surface area (Å²) >= 11 is 0. The van der Waals surface area contributed by atoms with E-state index in [1.807, 2.05) is 19.1 Å². The Morgan fingerprint density at radius 1 is 1.33 bits per heavy atom. The summed E-state index contributed by atoms with van der Waals surface area (Å²) < 4.78 is 0. The first-order valence-corrected chi connectivity index (χ1v) is 6.50. The zero-order valence-corrected chi connectivity index (χ0v) is 11.6. The van der Waals surface area contributed by atoms with Crippen LogP contribution in [0.5, 0.6) is 0 Å².